The maximum absolute atomic E-state index is 10.5. The minimum Gasteiger partial charge on any atom is -0.262 e. The molecular weight excluding hydrogens is 244 g/mol. The number of unbranched alkanes of at least 4 members (excludes halogenated alkanes) is 1. The first-order valence-corrected chi connectivity index (χ1v) is 6.57. The second kappa shape index (κ2) is 8.18. The summed E-state index contributed by atoms with van der Waals surface area (Å²) >= 11 is 0. The topological polar surface area (TPSA) is 80.4 Å². The predicted octanol–water partition coefficient (Wildman–Crippen LogP) is 3.60. The van der Waals surface area contributed by atoms with E-state index in [9.17, 15) is 10.1 Å². The Morgan fingerprint density at radius 3 is 2.84 bits per heavy atom. The highest BCUT2D eigenvalue weighted by Gasteiger charge is 2.05. The van der Waals surface area contributed by atoms with Crippen LogP contribution in [0, 0.1) is 16.0 Å². The largest absolute Gasteiger partial charge is 0.287 e. The van der Waals surface area contributed by atoms with E-state index in [0.29, 0.717) is 11.7 Å². The van der Waals surface area contributed by atoms with E-state index in [2.05, 4.69) is 29.4 Å². The number of rotatable bonds is 8. The van der Waals surface area contributed by atoms with E-state index < -0.39 is 4.92 Å². The summed E-state index contributed by atoms with van der Waals surface area (Å²) in [4.78, 5) is 13.9. The van der Waals surface area contributed by atoms with Crippen molar-refractivity contribution in [2.24, 2.45) is 11.0 Å². The highest BCUT2D eigenvalue weighted by Crippen LogP contribution is 2.12. The van der Waals surface area contributed by atoms with Crippen LogP contribution in [0.2, 0.25) is 0 Å². The number of aromatic nitrogens is 1. The van der Waals surface area contributed by atoms with Crippen LogP contribution in [-0.2, 0) is 0 Å². The molecule has 1 aromatic heterocycles. The number of hydrazone groups is 1. The van der Waals surface area contributed by atoms with Crippen LogP contribution in [0.4, 0.5) is 11.5 Å². The summed E-state index contributed by atoms with van der Waals surface area (Å²) in [6.45, 7) is 4.30. The van der Waals surface area contributed by atoms with Crippen LogP contribution in [-0.4, -0.2) is 16.1 Å². The van der Waals surface area contributed by atoms with E-state index in [0.717, 1.165) is 12.8 Å². The van der Waals surface area contributed by atoms with Crippen molar-refractivity contribution in [3.8, 4) is 0 Å². The molecule has 1 atom stereocenters. The van der Waals surface area contributed by atoms with Gasteiger partial charge in [0.25, 0.3) is 5.69 Å². The normalized spacial score (nSPS) is 12.5. The highest BCUT2D eigenvalue weighted by atomic mass is 16.6. The van der Waals surface area contributed by atoms with E-state index in [-0.39, 0.29) is 5.69 Å². The SMILES string of the molecule is CCCC[C@H](/C=N/Nc1ccc([N+](=O)[O-])cn1)CC. The molecule has 6 nitrogen and oxygen atoms in total. The Kier molecular flexibility index (Phi) is 6.49. The third-order valence-electron chi connectivity index (χ3n) is 2.88. The van der Waals surface area contributed by atoms with Gasteiger partial charge in [-0.25, -0.2) is 4.98 Å². The third kappa shape index (κ3) is 5.46. The fourth-order valence-electron chi connectivity index (χ4n) is 1.62. The first-order valence-electron chi connectivity index (χ1n) is 6.57. The third-order valence-corrected chi connectivity index (χ3v) is 2.88. The minimum absolute atomic E-state index is 0.0242. The first kappa shape index (κ1) is 15.1. The van der Waals surface area contributed by atoms with Gasteiger partial charge in [0.1, 0.15) is 12.0 Å². The molecule has 0 amide bonds. The number of nitrogens with zero attached hydrogens (tertiary/aromatic N) is 3. The quantitative estimate of drug-likeness (QED) is 0.442. The van der Waals surface area contributed by atoms with Gasteiger partial charge in [0.15, 0.2) is 0 Å². The Balaban J connectivity index is 2.48. The van der Waals surface area contributed by atoms with Crippen LogP contribution in [0.3, 0.4) is 0 Å². The summed E-state index contributed by atoms with van der Waals surface area (Å²) < 4.78 is 0. The maximum Gasteiger partial charge on any atom is 0.287 e. The molecule has 0 radical (unpaired) electrons. The molecule has 1 heterocycles. The first-order chi connectivity index (χ1) is 9.17. The zero-order valence-corrected chi connectivity index (χ0v) is 11.4. The van der Waals surface area contributed by atoms with Crippen molar-refractivity contribution in [3.05, 3.63) is 28.4 Å². The van der Waals surface area contributed by atoms with Crippen molar-refractivity contribution in [1.82, 2.24) is 4.98 Å². The van der Waals surface area contributed by atoms with Crippen LogP contribution in [0.25, 0.3) is 0 Å². The van der Waals surface area contributed by atoms with Crippen molar-refractivity contribution in [3.63, 3.8) is 0 Å². The molecule has 0 saturated heterocycles. The van der Waals surface area contributed by atoms with Crippen LogP contribution in [0.1, 0.15) is 39.5 Å². The second-order valence-corrected chi connectivity index (χ2v) is 4.36. The lowest BCUT2D eigenvalue weighted by molar-refractivity contribution is -0.385. The molecule has 1 rings (SSSR count). The average molecular weight is 264 g/mol. The van der Waals surface area contributed by atoms with Gasteiger partial charge in [0, 0.05) is 12.3 Å². The molecule has 6 heteroatoms. The van der Waals surface area contributed by atoms with Gasteiger partial charge in [-0.05, 0) is 24.8 Å². The lowest BCUT2D eigenvalue weighted by atomic mass is 10.0. The zero-order valence-electron chi connectivity index (χ0n) is 11.4. The van der Waals surface area contributed by atoms with Gasteiger partial charge >= 0.3 is 0 Å². The van der Waals surface area contributed by atoms with Gasteiger partial charge < -0.3 is 0 Å². The summed E-state index contributed by atoms with van der Waals surface area (Å²) in [6, 6.07) is 2.95. The van der Waals surface area contributed by atoms with E-state index in [4.69, 9.17) is 0 Å². The molecule has 0 saturated carbocycles. The van der Waals surface area contributed by atoms with Gasteiger partial charge in [0.05, 0.1) is 4.92 Å². The van der Waals surface area contributed by atoms with Gasteiger partial charge in [-0.1, -0.05) is 26.7 Å². The van der Waals surface area contributed by atoms with E-state index in [1.807, 2.05) is 6.21 Å². The Morgan fingerprint density at radius 2 is 2.32 bits per heavy atom. The molecule has 0 aliphatic heterocycles. The molecule has 0 unspecified atom stereocenters. The summed E-state index contributed by atoms with van der Waals surface area (Å²) in [7, 11) is 0. The lowest BCUT2D eigenvalue weighted by Gasteiger charge is -2.07. The summed E-state index contributed by atoms with van der Waals surface area (Å²) in [5.41, 5.74) is 2.76. The van der Waals surface area contributed by atoms with Crippen molar-refractivity contribution in [1.29, 1.82) is 0 Å². The molecule has 0 fully saturated rings. The molecule has 1 aromatic rings. The molecule has 0 spiro atoms. The Hall–Kier alpha value is -1.98. The number of nitro groups is 1. The summed E-state index contributed by atoms with van der Waals surface area (Å²) in [6.07, 6.45) is 7.66. The standard InChI is InChI=1S/C13H20N4O2/c1-3-5-6-11(4-2)9-15-16-13-8-7-12(10-14-13)17(18)19/h7-11H,3-6H2,1-2H3,(H,14,16)/b15-9+/t11-/m1/s1. The van der Waals surface area contributed by atoms with E-state index in [1.165, 1.54) is 25.1 Å². The molecule has 104 valence electrons. The fourth-order valence-corrected chi connectivity index (χ4v) is 1.62. The van der Waals surface area contributed by atoms with Crippen molar-refractivity contribution in [2.75, 3.05) is 5.43 Å². The molecular formula is C13H20N4O2. The van der Waals surface area contributed by atoms with Gasteiger partial charge in [-0.15, -0.1) is 0 Å². The van der Waals surface area contributed by atoms with Crippen LogP contribution in [0.5, 0.6) is 0 Å². The van der Waals surface area contributed by atoms with Crippen molar-refractivity contribution < 1.29 is 4.92 Å². The molecule has 0 bridgehead atoms. The molecule has 0 aliphatic carbocycles. The fraction of sp³-hybridized carbons (Fsp3) is 0.538. The number of pyridine rings is 1. The van der Waals surface area contributed by atoms with E-state index >= 15 is 0 Å². The monoisotopic (exact) mass is 264 g/mol. The molecule has 0 aromatic carbocycles. The van der Waals surface area contributed by atoms with Gasteiger partial charge in [0.2, 0.25) is 0 Å². The molecule has 0 aliphatic rings. The average Bonchev–Trinajstić information content (AvgIpc) is 2.43. The van der Waals surface area contributed by atoms with Crippen LogP contribution in [0.15, 0.2) is 23.4 Å². The Bertz CT molecular complexity index is 417. The number of nitrogens with one attached hydrogen (secondary N) is 1. The smallest absolute Gasteiger partial charge is 0.262 e. The highest BCUT2D eigenvalue weighted by molar-refractivity contribution is 5.62. The Morgan fingerprint density at radius 1 is 1.53 bits per heavy atom. The van der Waals surface area contributed by atoms with Crippen LogP contribution >= 0.6 is 0 Å². The molecule has 1 N–H and O–H groups in total. The minimum atomic E-state index is -0.474. The maximum atomic E-state index is 10.5. The van der Waals surface area contributed by atoms with Gasteiger partial charge in [-0.3, -0.25) is 15.5 Å². The molecule has 19 heavy (non-hydrogen) atoms. The number of anilines is 1. The van der Waals surface area contributed by atoms with Gasteiger partial charge in [-0.2, -0.15) is 5.10 Å². The lowest BCUT2D eigenvalue weighted by Crippen LogP contribution is -2.02. The summed E-state index contributed by atoms with van der Waals surface area (Å²) in [5, 5.41) is 14.6. The Labute approximate surface area is 113 Å². The van der Waals surface area contributed by atoms with E-state index in [1.54, 1.807) is 6.07 Å². The zero-order chi connectivity index (χ0) is 14.1. The number of hydrogen-bond acceptors (Lipinski definition) is 5. The second-order valence-electron chi connectivity index (χ2n) is 4.36. The van der Waals surface area contributed by atoms with Crippen molar-refractivity contribution in [2.45, 2.75) is 39.5 Å². The summed E-state index contributed by atoms with van der Waals surface area (Å²) in [5.74, 6) is 0.970. The predicted molar refractivity (Wildman–Crippen MR) is 76.3 cm³/mol. The van der Waals surface area contributed by atoms with Crippen molar-refractivity contribution >= 4 is 17.7 Å². The van der Waals surface area contributed by atoms with Crippen LogP contribution < -0.4 is 5.43 Å². The number of hydrogen-bond donors (Lipinski definition) is 1.